The second-order valence-electron chi connectivity index (χ2n) is 7.39. The summed E-state index contributed by atoms with van der Waals surface area (Å²) in [6.07, 6.45) is 0.0969. The zero-order valence-corrected chi connectivity index (χ0v) is 17.0. The summed E-state index contributed by atoms with van der Waals surface area (Å²) < 4.78 is 13.1. The molecule has 0 saturated heterocycles. The van der Waals surface area contributed by atoms with E-state index in [4.69, 9.17) is 9.79 Å². The molecule has 4 N–H and O–H groups in total. The van der Waals surface area contributed by atoms with Gasteiger partial charge in [-0.3, -0.25) is 4.57 Å². The van der Waals surface area contributed by atoms with Crippen LogP contribution in [-0.4, -0.2) is 30.7 Å². The molecule has 0 atom stereocenters. The molecule has 150 valence electrons. The molecular weight excluding hydrogens is 389 g/mol. The van der Waals surface area contributed by atoms with Gasteiger partial charge in [0.1, 0.15) is 11.5 Å². The van der Waals surface area contributed by atoms with E-state index >= 15 is 0 Å². The second-order valence-corrected chi connectivity index (χ2v) is 9.17. The third-order valence-electron chi connectivity index (χ3n) is 5.33. The van der Waals surface area contributed by atoms with Crippen molar-refractivity contribution in [2.45, 2.75) is 20.3 Å². The third-order valence-corrected chi connectivity index (χ3v) is 6.14. The Kier molecular flexibility index (Phi) is 4.66. The summed E-state index contributed by atoms with van der Waals surface area (Å²) in [7, 11) is -4.04. The highest BCUT2D eigenvalue weighted by atomic mass is 31.2. The van der Waals surface area contributed by atoms with Gasteiger partial charge in [-0.05, 0) is 61.2 Å². The zero-order valence-electron chi connectivity index (χ0n) is 16.1. The number of phenols is 2. The summed E-state index contributed by atoms with van der Waals surface area (Å²) >= 11 is 0. The van der Waals surface area contributed by atoms with Crippen LogP contribution in [0.5, 0.6) is 11.5 Å². The molecule has 7 heteroatoms. The molecule has 0 aliphatic heterocycles. The number of benzene rings is 3. The van der Waals surface area contributed by atoms with Crippen LogP contribution >= 0.6 is 7.60 Å². The van der Waals surface area contributed by atoms with Crippen LogP contribution in [0, 0.1) is 13.8 Å². The highest BCUT2D eigenvalue weighted by molar-refractivity contribution is 7.51. The minimum atomic E-state index is -4.04. The van der Waals surface area contributed by atoms with Gasteiger partial charge in [-0.15, -0.1) is 0 Å². The van der Waals surface area contributed by atoms with Crippen molar-refractivity contribution in [3.63, 3.8) is 0 Å². The Labute approximate surface area is 167 Å². The van der Waals surface area contributed by atoms with E-state index in [1.54, 1.807) is 0 Å². The van der Waals surface area contributed by atoms with Crippen molar-refractivity contribution in [3.8, 4) is 17.2 Å². The smallest absolute Gasteiger partial charge is 0.325 e. The lowest BCUT2D eigenvalue weighted by Gasteiger charge is -2.10. The number of aryl methyl sites for hydroxylation is 3. The van der Waals surface area contributed by atoms with E-state index < -0.39 is 7.60 Å². The van der Waals surface area contributed by atoms with Crippen LogP contribution in [0.4, 0.5) is 0 Å². The van der Waals surface area contributed by atoms with Crippen molar-refractivity contribution in [3.05, 3.63) is 65.2 Å². The van der Waals surface area contributed by atoms with Crippen LogP contribution in [-0.2, 0) is 11.0 Å². The molecule has 4 aromatic rings. The Morgan fingerprint density at radius 3 is 1.72 bits per heavy atom. The molecule has 0 aliphatic carbocycles. The fourth-order valence-electron chi connectivity index (χ4n) is 3.73. The van der Waals surface area contributed by atoms with Gasteiger partial charge in [0, 0.05) is 5.69 Å². The Morgan fingerprint density at radius 2 is 1.28 bits per heavy atom. The van der Waals surface area contributed by atoms with Gasteiger partial charge >= 0.3 is 7.60 Å². The first-order valence-corrected chi connectivity index (χ1v) is 11.1. The lowest BCUT2D eigenvalue weighted by Crippen LogP contribution is -1.97. The molecule has 1 aromatic heterocycles. The molecule has 0 spiro atoms. The van der Waals surface area contributed by atoms with Crippen molar-refractivity contribution < 1.29 is 24.6 Å². The van der Waals surface area contributed by atoms with Gasteiger partial charge in [0.05, 0.1) is 28.0 Å². The molecule has 1 heterocycles. The standard InChI is InChI=1S/C22H22NO5P/c1-13-3-9-17-19(21(13)24)20-18(10-4-14(2)22(20)25)23(17)16-7-5-15(6-8-16)11-12-29(26,27)28/h3-10,24-25H,11-12H2,1-2H3,(H2,26,27,28). The summed E-state index contributed by atoms with van der Waals surface area (Å²) in [6.45, 7) is 3.64. The molecular formula is C22H22NO5P. The van der Waals surface area contributed by atoms with E-state index in [0.29, 0.717) is 10.8 Å². The van der Waals surface area contributed by atoms with Crippen LogP contribution in [0.1, 0.15) is 16.7 Å². The van der Waals surface area contributed by atoms with E-state index in [0.717, 1.165) is 33.4 Å². The number of hydrogen-bond donors (Lipinski definition) is 4. The van der Waals surface area contributed by atoms with Crippen LogP contribution in [0.3, 0.4) is 0 Å². The SMILES string of the molecule is Cc1ccc2c(c1O)c1c(O)c(C)ccc1n2-c1ccc(CCP(=O)(O)O)cc1. The average molecular weight is 411 g/mol. The number of aromatic hydroxyl groups is 2. The van der Waals surface area contributed by atoms with E-state index in [-0.39, 0.29) is 24.1 Å². The van der Waals surface area contributed by atoms with E-state index in [1.165, 1.54) is 0 Å². The highest BCUT2D eigenvalue weighted by Crippen LogP contribution is 2.43. The first-order chi connectivity index (χ1) is 13.7. The van der Waals surface area contributed by atoms with Gasteiger partial charge in [-0.2, -0.15) is 0 Å². The van der Waals surface area contributed by atoms with E-state index in [1.807, 2.05) is 66.9 Å². The Balaban J connectivity index is 1.93. The molecule has 0 radical (unpaired) electrons. The summed E-state index contributed by atoms with van der Waals surface area (Å²) in [5.74, 6) is 0.288. The summed E-state index contributed by atoms with van der Waals surface area (Å²) in [5.41, 5.74) is 4.65. The van der Waals surface area contributed by atoms with Gasteiger partial charge < -0.3 is 24.6 Å². The molecule has 0 fully saturated rings. The molecule has 0 bridgehead atoms. The fourth-order valence-corrected chi connectivity index (χ4v) is 4.28. The number of phenolic OH excluding ortho intramolecular Hbond substituents is 2. The molecule has 0 aliphatic rings. The largest absolute Gasteiger partial charge is 0.507 e. The maximum atomic E-state index is 11.1. The zero-order chi connectivity index (χ0) is 20.9. The first kappa shape index (κ1) is 19.5. The van der Waals surface area contributed by atoms with Crippen LogP contribution < -0.4 is 0 Å². The third kappa shape index (κ3) is 3.40. The maximum Gasteiger partial charge on any atom is 0.325 e. The van der Waals surface area contributed by atoms with E-state index in [9.17, 15) is 14.8 Å². The van der Waals surface area contributed by atoms with Crippen LogP contribution in [0.2, 0.25) is 0 Å². The van der Waals surface area contributed by atoms with Gasteiger partial charge in [0.15, 0.2) is 0 Å². The van der Waals surface area contributed by atoms with Crippen molar-refractivity contribution in [2.75, 3.05) is 6.16 Å². The Morgan fingerprint density at radius 1 is 0.793 bits per heavy atom. The van der Waals surface area contributed by atoms with Crippen molar-refractivity contribution in [1.82, 2.24) is 4.57 Å². The summed E-state index contributed by atoms with van der Waals surface area (Å²) in [5, 5.41) is 22.7. The molecule has 0 unspecified atom stereocenters. The monoisotopic (exact) mass is 411 g/mol. The van der Waals surface area contributed by atoms with Crippen molar-refractivity contribution in [1.29, 1.82) is 0 Å². The first-order valence-electron chi connectivity index (χ1n) is 9.26. The Bertz CT molecular complexity index is 1220. The van der Waals surface area contributed by atoms with Gasteiger partial charge in [-0.1, -0.05) is 24.3 Å². The summed E-state index contributed by atoms with van der Waals surface area (Å²) in [6, 6.07) is 14.9. The molecule has 0 saturated carbocycles. The Hall–Kier alpha value is -2.79. The highest BCUT2D eigenvalue weighted by Gasteiger charge is 2.20. The van der Waals surface area contributed by atoms with Gasteiger partial charge in [0.25, 0.3) is 0 Å². The predicted molar refractivity (Wildman–Crippen MR) is 114 cm³/mol. The lowest BCUT2D eigenvalue weighted by atomic mass is 10.1. The topological polar surface area (TPSA) is 103 Å². The molecule has 29 heavy (non-hydrogen) atoms. The van der Waals surface area contributed by atoms with Crippen molar-refractivity contribution >= 4 is 29.4 Å². The lowest BCUT2D eigenvalue weighted by molar-refractivity contribution is 0.373. The number of fused-ring (bicyclic) bond motifs is 3. The minimum Gasteiger partial charge on any atom is -0.507 e. The maximum absolute atomic E-state index is 11.1. The van der Waals surface area contributed by atoms with Gasteiger partial charge in [0.2, 0.25) is 0 Å². The quantitative estimate of drug-likeness (QED) is 0.370. The predicted octanol–water partition coefficient (Wildman–Crippen LogP) is 4.53. The number of rotatable bonds is 4. The molecule has 4 rings (SSSR count). The second kappa shape index (κ2) is 6.92. The fraction of sp³-hybridized carbons (Fsp3) is 0.182. The van der Waals surface area contributed by atoms with Crippen LogP contribution in [0.25, 0.3) is 27.5 Å². The molecule has 3 aromatic carbocycles. The minimum absolute atomic E-state index is 0.144. The number of nitrogens with zero attached hydrogens (tertiary/aromatic N) is 1. The molecule has 0 amide bonds. The number of hydrogen-bond acceptors (Lipinski definition) is 3. The van der Waals surface area contributed by atoms with Crippen LogP contribution in [0.15, 0.2) is 48.5 Å². The normalized spacial score (nSPS) is 12.1. The van der Waals surface area contributed by atoms with E-state index in [2.05, 4.69) is 0 Å². The average Bonchev–Trinajstić information content (AvgIpc) is 3.01. The van der Waals surface area contributed by atoms with Gasteiger partial charge in [-0.25, -0.2) is 0 Å². The summed E-state index contributed by atoms with van der Waals surface area (Å²) in [4.78, 5) is 18.2. The molecule has 6 nitrogen and oxygen atoms in total. The van der Waals surface area contributed by atoms with Crippen molar-refractivity contribution in [2.24, 2.45) is 0 Å². The number of aromatic nitrogens is 1.